The highest BCUT2D eigenvalue weighted by Gasteiger charge is 2.63. The first-order valence-corrected chi connectivity index (χ1v) is 20.8. The van der Waals surface area contributed by atoms with Crippen molar-refractivity contribution in [1.29, 1.82) is 0 Å². The maximum Gasteiger partial charge on any atom is 0.416 e. The second-order valence-corrected chi connectivity index (χ2v) is 18.2. The van der Waals surface area contributed by atoms with E-state index >= 15 is 0 Å². The molecule has 0 unspecified atom stereocenters. The fourth-order valence-electron chi connectivity index (χ4n) is 7.54. The predicted octanol–water partition coefficient (Wildman–Crippen LogP) is 5.83. The molecular weight excluding hydrogens is 764 g/mol. The molecule has 17 heteroatoms. The Morgan fingerprint density at radius 3 is 2.44 bits per heavy atom. The maximum atomic E-state index is 14.7. The summed E-state index contributed by atoms with van der Waals surface area (Å²) in [7, 11) is -4.03. The molecule has 3 aromatic rings. The number of carbonyl (C=O) groups excluding carboxylic acids is 3. The van der Waals surface area contributed by atoms with Crippen LogP contribution < -0.4 is 14.8 Å². The number of hydrogen-bond donors (Lipinski definition) is 2. The lowest BCUT2D eigenvalue weighted by atomic mass is 9.91. The number of nitrogens with zero attached hydrogens (tertiary/aromatic N) is 5. The fourth-order valence-corrected chi connectivity index (χ4v) is 8.85. The molecule has 1 aromatic carbocycles. The SMILES string of the molecule is C=CCCCCC[C@H](Cc1ccc(C(F)(F)F)cc1)C(=O)N1C[C@H](Oc2nc3cncnc3n2C(C)C)C[C@H]1C(=O)N[C@]1(C(=O)NS(=O)(=O)C2(C)CC2)C[C@H]1C=C. The zero-order valence-corrected chi connectivity index (χ0v) is 33.2. The minimum absolute atomic E-state index is 0.00368. The second-order valence-electron chi connectivity index (χ2n) is 16.0. The Hall–Kier alpha value is -4.80. The lowest BCUT2D eigenvalue weighted by Crippen LogP contribution is -2.57. The number of hydrogen-bond acceptors (Lipinski definition) is 9. The zero-order chi connectivity index (χ0) is 41.3. The molecular formula is C40H50F3N7O6S. The number of likely N-dealkylation sites (tertiary alicyclic amines) is 1. The Labute approximate surface area is 330 Å². The van der Waals surface area contributed by atoms with Gasteiger partial charge in [0, 0.05) is 24.3 Å². The number of ether oxygens (including phenoxy) is 1. The third kappa shape index (κ3) is 8.87. The van der Waals surface area contributed by atoms with Crippen LogP contribution in [0.25, 0.3) is 11.2 Å². The van der Waals surface area contributed by atoms with Gasteiger partial charge in [-0.3, -0.25) is 23.7 Å². The number of carbonyl (C=O) groups is 3. The Bertz CT molecular complexity index is 2120. The highest BCUT2D eigenvalue weighted by Crippen LogP contribution is 2.47. The Balaban J connectivity index is 1.30. The van der Waals surface area contributed by atoms with Gasteiger partial charge < -0.3 is 15.0 Å². The Morgan fingerprint density at radius 1 is 1.11 bits per heavy atom. The first kappa shape index (κ1) is 41.8. The van der Waals surface area contributed by atoms with Crippen LogP contribution in [0.1, 0.15) is 95.7 Å². The van der Waals surface area contributed by atoms with Gasteiger partial charge in [0.25, 0.3) is 11.9 Å². The van der Waals surface area contributed by atoms with Gasteiger partial charge in [0.15, 0.2) is 5.65 Å². The number of fused-ring (bicyclic) bond motifs is 1. The van der Waals surface area contributed by atoms with Crippen molar-refractivity contribution in [3.8, 4) is 6.01 Å². The Morgan fingerprint density at radius 2 is 1.82 bits per heavy atom. The van der Waals surface area contributed by atoms with Crippen LogP contribution in [0.15, 0.2) is 62.1 Å². The summed E-state index contributed by atoms with van der Waals surface area (Å²) in [6, 6.07) is 3.63. The molecule has 308 valence electrons. The molecule has 6 rings (SSSR count). The summed E-state index contributed by atoms with van der Waals surface area (Å²) in [5.74, 6) is -3.21. The van der Waals surface area contributed by atoms with Gasteiger partial charge in [-0.15, -0.1) is 13.2 Å². The van der Waals surface area contributed by atoms with Gasteiger partial charge in [-0.05, 0) is 83.4 Å². The van der Waals surface area contributed by atoms with Crippen molar-refractivity contribution in [3.63, 3.8) is 0 Å². The molecule has 2 N–H and O–H groups in total. The number of rotatable bonds is 18. The van der Waals surface area contributed by atoms with Crippen LogP contribution in [-0.4, -0.2) is 79.5 Å². The molecule has 2 aromatic heterocycles. The van der Waals surface area contributed by atoms with Crippen LogP contribution in [0.2, 0.25) is 0 Å². The number of amides is 3. The first-order chi connectivity index (χ1) is 26.9. The van der Waals surface area contributed by atoms with Crippen molar-refractivity contribution >= 4 is 38.9 Å². The third-order valence-corrected chi connectivity index (χ3v) is 13.6. The molecule has 13 nitrogen and oxygen atoms in total. The summed E-state index contributed by atoms with van der Waals surface area (Å²) in [6.07, 6.45) is 5.49. The summed E-state index contributed by atoms with van der Waals surface area (Å²) in [4.78, 5) is 57.3. The minimum Gasteiger partial charge on any atom is -0.459 e. The van der Waals surface area contributed by atoms with E-state index in [1.165, 1.54) is 29.4 Å². The molecule has 57 heavy (non-hydrogen) atoms. The summed E-state index contributed by atoms with van der Waals surface area (Å²) < 4.78 is 75.6. The van der Waals surface area contributed by atoms with E-state index in [4.69, 9.17) is 4.74 Å². The smallest absolute Gasteiger partial charge is 0.416 e. The van der Waals surface area contributed by atoms with E-state index in [1.807, 2.05) is 19.9 Å². The van der Waals surface area contributed by atoms with Crippen LogP contribution in [0.3, 0.4) is 0 Å². The van der Waals surface area contributed by atoms with Crippen LogP contribution in [0, 0.1) is 11.8 Å². The van der Waals surface area contributed by atoms with Crippen LogP contribution in [0.4, 0.5) is 13.2 Å². The highest BCUT2D eigenvalue weighted by atomic mass is 32.2. The fraction of sp³-hybridized carbons (Fsp3) is 0.550. The topological polar surface area (TPSA) is 165 Å². The van der Waals surface area contributed by atoms with Gasteiger partial charge in [-0.1, -0.05) is 37.1 Å². The molecule has 5 atom stereocenters. The van der Waals surface area contributed by atoms with Gasteiger partial charge >= 0.3 is 6.18 Å². The number of allylic oxidation sites excluding steroid dienone is 1. The average molecular weight is 814 g/mol. The molecule has 3 aliphatic rings. The van der Waals surface area contributed by atoms with E-state index in [1.54, 1.807) is 17.7 Å². The molecule has 1 aliphatic heterocycles. The second kappa shape index (κ2) is 16.2. The number of imidazole rings is 1. The first-order valence-electron chi connectivity index (χ1n) is 19.4. The van der Waals surface area contributed by atoms with Crippen molar-refractivity contribution < 1.29 is 40.7 Å². The lowest BCUT2D eigenvalue weighted by molar-refractivity contribution is -0.142. The summed E-state index contributed by atoms with van der Waals surface area (Å²) in [5.41, 5.74) is -0.847. The molecule has 2 saturated carbocycles. The molecule has 0 spiro atoms. The van der Waals surface area contributed by atoms with E-state index in [-0.39, 0.29) is 37.9 Å². The Kier molecular flexibility index (Phi) is 11.9. The molecule has 3 fully saturated rings. The van der Waals surface area contributed by atoms with Gasteiger partial charge in [0.05, 0.1) is 23.1 Å². The zero-order valence-electron chi connectivity index (χ0n) is 32.4. The molecule has 0 bridgehead atoms. The largest absolute Gasteiger partial charge is 0.459 e. The number of halogens is 3. The predicted molar refractivity (Wildman–Crippen MR) is 206 cm³/mol. The minimum atomic E-state index is -4.52. The number of nitrogens with one attached hydrogen (secondary N) is 2. The number of aromatic nitrogens is 4. The van der Waals surface area contributed by atoms with Crippen molar-refractivity contribution in [1.82, 2.24) is 34.5 Å². The van der Waals surface area contributed by atoms with Crippen molar-refractivity contribution in [2.75, 3.05) is 6.54 Å². The van der Waals surface area contributed by atoms with Crippen molar-refractivity contribution in [2.45, 2.75) is 120 Å². The molecule has 1 saturated heterocycles. The van der Waals surface area contributed by atoms with Crippen LogP contribution >= 0.6 is 0 Å². The average Bonchev–Trinajstić information content (AvgIpc) is 3.99. The van der Waals surface area contributed by atoms with Crippen molar-refractivity contribution in [2.24, 2.45) is 11.8 Å². The summed E-state index contributed by atoms with van der Waals surface area (Å²) >= 11 is 0. The monoisotopic (exact) mass is 813 g/mol. The van der Waals surface area contributed by atoms with Crippen LogP contribution in [0.5, 0.6) is 6.01 Å². The molecule has 0 radical (unpaired) electrons. The van der Waals surface area contributed by atoms with E-state index in [0.29, 0.717) is 42.4 Å². The quantitative estimate of drug-likeness (QED) is 0.119. The lowest BCUT2D eigenvalue weighted by Gasteiger charge is -2.30. The van der Waals surface area contributed by atoms with Crippen LogP contribution in [-0.2, 0) is 37.0 Å². The van der Waals surface area contributed by atoms with E-state index < -0.39 is 73.8 Å². The van der Waals surface area contributed by atoms with Gasteiger partial charge in [0.2, 0.25) is 21.8 Å². The number of sulfonamides is 1. The molecule has 2 aliphatic carbocycles. The summed E-state index contributed by atoms with van der Waals surface area (Å²) in [5, 5.41) is 2.81. The number of benzene rings is 1. The standard InChI is InChI=1S/C40H50F3N7O6S/c1-6-8-9-10-11-12-27(19-26-13-15-29(16-14-26)40(41,42)43)35(52)49-23-30(56-37-46-31-22-44-24-45-33(31)50(37)25(3)4)20-32(49)34(51)47-39(21-28(39)7-2)36(53)48-57(54,55)38(5)17-18-38/h6-7,13-16,22,24-25,27-28,30,32H,1-2,8-12,17-21,23H2,3-5H3,(H,47,51)(H,48,53)/t27-,28-,30-,32+,39-/m1/s1. The van der Waals surface area contributed by atoms with Gasteiger partial charge in [-0.2, -0.15) is 18.2 Å². The maximum absolute atomic E-state index is 14.7. The van der Waals surface area contributed by atoms with Gasteiger partial charge in [0.1, 0.15) is 29.5 Å². The molecule has 3 heterocycles. The van der Waals surface area contributed by atoms with Gasteiger partial charge in [-0.25, -0.2) is 18.4 Å². The third-order valence-electron chi connectivity index (χ3n) is 11.4. The van der Waals surface area contributed by atoms with E-state index in [2.05, 4.69) is 38.1 Å². The number of unbranched alkanes of at least 4 members (excludes halogenated alkanes) is 3. The van der Waals surface area contributed by atoms with Crippen molar-refractivity contribution in [3.05, 3.63) is 73.2 Å². The number of alkyl halides is 3. The van der Waals surface area contributed by atoms with E-state index in [9.17, 15) is 36.0 Å². The summed E-state index contributed by atoms with van der Waals surface area (Å²) in [6.45, 7) is 12.9. The molecule has 3 amide bonds. The highest BCUT2D eigenvalue weighted by molar-refractivity contribution is 7.91. The normalized spacial score (nSPS) is 23.2. The van der Waals surface area contributed by atoms with E-state index in [0.717, 1.165) is 31.4 Å².